The molecule has 0 bridgehead atoms. The molecule has 442 valence electrons. The molecular weight excluding hydrogens is 925 g/mol. The Morgan fingerprint density at radius 1 is 0.267 bits per heavy atom. The average molecular weight is 1060 g/mol. The van der Waals surface area contributed by atoms with Crippen LogP contribution in [0.3, 0.4) is 0 Å². The van der Waals surface area contributed by atoms with E-state index in [1.54, 1.807) is 0 Å². The van der Waals surface area contributed by atoms with Crippen molar-refractivity contribution in [1.29, 1.82) is 0 Å². The van der Waals surface area contributed by atoms with E-state index in [9.17, 15) is 14.4 Å². The molecule has 0 aliphatic heterocycles. The molecule has 0 spiro atoms. The molecule has 0 aliphatic rings. The van der Waals surface area contributed by atoms with Gasteiger partial charge in [-0.15, -0.1) is 0 Å². The highest BCUT2D eigenvalue weighted by Gasteiger charge is 2.19. The molecule has 0 saturated heterocycles. The molecule has 1 unspecified atom stereocenters. The molecule has 0 heterocycles. The van der Waals surface area contributed by atoms with Crippen molar-refractivity contribution < 1.29 is 28.6 Å². The van der Waals surface area contributed by atoms with Crippen LogP contribution in [0, 0.1) is 0 Å². The quantitative estimate of drug-likeness (QED) is 0.0261. The molecule has 0 saturated carbocycles. The predicted octanol–water partition coefficient (Wildman–Crippen LogP) is 23.0. The van der Waals surface area contributed by atoms with Crippen LogP contribution in [0.2, 0.25) is 0 Å². The Kier molecular flexibility index (Phi) is 62.6. The Bertz CT molecular complexity index is 1210. The van der Waals surface area contributed by atoms with Crippen LogP contribution >= 0.6 is 0 Å². The fourth-order valence-electron chi connectivity index (χ4n) is 10.4. The minimum atomic E-state index is -0.773. The molecule has 0 N–H and O–H groups in total. The maximum Gasteiger partial charge on any atom is 0.306 e. The number of hydrogen-bond donors (Lipinski definition) is 0. The smallest absolute Gasteiger partial charge is 0.306 e. The van der Waals surface area contributed by atoms with Crippen molar-refractivity contribution in [3.05, 3.63) is 24.3 Å². The van der Waals surface area contributed by atoms with E-state index in [0.29, 0.717) is 19.3 Å². The lowest BCUT2D eigenvalue weighted by atomic mass is 10.0. The lowest BCUT2D eigenvalue weighted by Gasteiger charge is -2.18. The van der Waals surface area contributed by atoms with Crippen LogP contribution in [-0.4, -0.2) is 37.2 Å². The predicted molar refractivity (Wildman–Crippen MR) is 326 cm³/mol. The molecule has 1 atom stereocenters. The van der Waals surface area contributed by atoms with E-state index in [4.69, 9.17) is 14.2 Å². The number of esters is 3. The Morgan fingerprint density at radius 2 is 0.480 bits per heavy atom. The SMILES string of the molecule is CCCCCC/C=C\C/C=C\CCCCCCCC(=O)OC(COC(=O)CCCCCCCCC)COC(=O)CCCCCCCCCCCCCCCCCCCCCCCCCCCCCCCCCCCC. The summed E-state index contributed by atoms with van der Waals surface area (Å²) in [6, 6.07) is 0. The molecule has 0 radical (unpaired) electrons. The maximum absolute atomic E-state index is 12.8. The summed E-state index contributed by atoms with van der Waals surface area (Å²) in [4.78, 5) is 38.0. The third kappa shape index (κ3) is 62.6. The Hall–Kier alpha value is -2.11. The topological polar surface area (TPSA) is 78.9 Å². The number of carbonyl (C=O) groups is 3. The van der Waals surface area contributed by atoms with Crippen molar-refractivity contribution in [1.82, 2.24) is 0 Å². The lowest BCUT2D eigenvalue weighted by molar-refractivity contribution is -0.167. The molecule has 0 aromatic carbocycles. The van der Waals surface area contributed by atoms with Gasteiger partial charge in [0.25, 0.3) is 0 Å². The van der Waals surface area contributed by atoms with E-state index in [2.05, 4.69) is 45.1 Å². The zero-order valence-electron chi connectivity index (χ0n) is 50.8. The first-order valence-corrected chi connectivity index (χ1v) is 33.8. The second-order valence-electron chi connectivity index (χ2n) is 23.1. The van der Waals surface area contributed by atoms with Gasteiger partial charge in [-0.05, 0) is 51.4 Å². The fourth-order valence-corrected chi connectivity index (χ4v) is 10.4. The number of ether oxygens (including phenoxy) is 3. The first-order valence-electron chi connectivity index (χ1n) is 33.8. The van der Waals surface area contributed by atoms with Gasteiger partial charge in [0.2, 0.25) is 0 Å². The van der Waals surface area contributed by atoms with Crippen molar-refractivity contribution in [3.8, 4) is 0 Å². The Labute approximate surface area is 468 Å². The van der Waals surface area contributed by atoms with Gasteiger partial charge in [0, 0.05) is 19.3 Å². The van der Waals surface area contributed by atoms with Crippen LogP contribution in [0.5, 0.6) is 0 Å². The normalized spacial score (nSPS) is 12.1. The van der Waals surface area contributed by atoms with E-state index in [-0.39, 0.29) is 31.1 Å². The first-order chi connectivity index (χ1) is 37.0. The Balaban J connectivity index is 3.92. The van der Waals surface area contributed by atoms with Crippen LogP contribution in [0.1, 0.15) is 380 Å². The van der Waals surface area contributed by atoms with Gasteiger partial charge in [0.15, 0.2) is 6.10 Å². The largest absolute Gasteiger partial charge is 0.462 e. The van der Waals surface area contributed by atoms with Gasteiger partial charge in [-0.3, -0.25) is 14.4 Å². The van der Waals surface area contributed by atoms with E-state index in [1.165, 1.54) is 263 Å². The molecule has 0 amide bonds. The summed E-state index contributed by atoms with van der Waals surface area (Å²) in [5.41, 5.74) is 0. The minimum absolute atomic E-state index is 0.0722. The number of hydrogen-bond acceptors (Lipinski definition) is 6. The van der Waals surface area contributed by atoms with Gasteiger partial charge in [0.05, 0.1) is 0 Å². The van der Waals surface area contributed by atoms with Gasteiger partial charge >= 0.3 is 17.9 Å². The molecular formula is C69H130O6. The number of carbonyl (C=O) groups excluding carboxylic acids is 3. The highest BCUT2D eigenvalue weighted by Crippen LogP contribution is 2.19. The lowest BCUT2D eigenvalue weighted by Crippen LogP contribution is -2.30. The second-order valence-corrected chi connectivity index (χ2v) is 23.1. The molecule has 0 aromatic heterocycles. The van der Waals surface area contributed by atoms with E-state index >= 15 is 0 Å². The van der Waals surface area contributed by atoms with E-state index in [0.717, 1.165) is 77.0 Å². The monoisotopic (exact) mass is 1050 g/mol. The molecule has 0 rings (SSSR count). The zero-order valence-corrected chi connectivity index (χ0v) is 50.8. The average Bonchev–Trinajstić information content (AvgIpc) is 3.41. The van der Waals surface area contributed by atoms with Crippen LogP contribution in [0.25, 0.3) is 0 Å². The van der Waals surface area contributed by atoms with E-state index < -0.39 is 6.10 Å². The maximum atomic E-state index is 12.8. The number of unbranched alkanes of at least 4 members (excludes halogenated alkanes) is 48. The molecule has 0 fully saturated rings. The zero-order chi connectivity index (χ0) is 54.3. The van der Waals surface area contributed by atoms with Crippen molar-refractivity contribution in [2.24, 2.45) is 0 Å². The van der Waals surface area contributed by atoms with Crippen molar-refractivity contribution in [2.75, 3.05) is 13.2 Å². The summed E-state index contributed by atoms with van der Waals surface area (Å²) in [6.45, 7) is 6.63. The minimum Gasteiger partial charge on any atom is -0.462 e. The molecule has 0 aromatic rings. The van der Waals surface area contributed by atoms with Gasteiger partial charge in [-0.1, -0.05) is 334 Å². The van der Waals surface area contributed by atoms with E-state index in [1.807, 2.05) is 0 Å². The summed E-state index contributed by atoms with van der Waals surface area (Å²) >= 11 is 0. The highest BCUT2D eigenvalue weighted by atomic mass is 16.6. The summed E-state index contributed by atoms with van der Waals surface area (Å²) in [7, 11) is 0. The Morgan fingerprint density at radius 3 is 0.747 bits per heavy atom. The standard InChI is InChI=1S/C69H130O6/c1-4-7-10-13-16-18-20-22-24-26-27-28-29-30-31-32-33-34-35-36-37-38-39-40-41-42-43-45-46-48-50-53-56-59-62-68(71)74-65-66(64-73-67(70)61-58-55-52-15-12-9-6-3)75-69(72)63-60-57-54-51-49-47-44-25-23-21-19-17-14-11-8-5-2/h19,21,25,44,66H,4-18,20,22-24,26-43,45-65H2,1-3H3/b21-19-,44-25-. The summed E-state index contributed by atoms with van der Waals surface area (Å²) in [5.74, 6) is -0.871. The number of rotatable bonds is 63. The fraction of sp³-hybridized carbons (Fsp3) is 0.899. The van der Waals surface area contributed by atoms with Crippen LogP contribution in [-0.2, 0) is 28.6 Å². The summed E-state index contributed by atoms with van der Waals surface area (Å²) in [5, 5.41) is 0. The molecule has 0 aliphatic carbocycles. The van der Waals surface area contributed by atoms with Gasteiger partial charge in [0.1, 0.15) is 13.2 Å². The number of allylic oxidation sites excluding steroid dienone is 4. The van der Waals surface area contributed by atoms with Crippen molar-refractivity contribution in [2.45, 2.75) is 386 Å². The molecule has 6 heteroatoms. The van der Waals surface area contributed by atoms with Gasteiger partial charge < -0.3 is 14.2 Å². The summed E-state index contributed by atoms with van der Waals surface area (Å²) in [6.07, 6.45) is 78.2. The summed E-state index contributed by atoms with van der Waals surface area (Å²) < 4.78 is 16.8. The van der Waals surface area contributed by atoms with Gasteiger partial charge in [-0.2, -0.15) is 0 Å². The highest BCUT2D eigenvalue weighted by molar-refractivity contribution is 5.71. The third-order valence-corrected chi connectivity index (χ3v) is 15.5. The van der Waals surface area contributed by atoms with Crippen LogP contribution in [0.4, 0.5) is 0 Å². The van der Waals surface area contributed by atoms with Crippen LogP contribution in [0.15, 0.2) is 24.3 Å². The third-order valence-electron chi connectivity index (χ3n) is 15.5. The van der Waals surface area contributed by atoms with Gasteiger partial charge in [-0.25, -0.2) is 0 Å². The van der Waals surface area contributed by atoms with Crippen molar-refractivity contribution >= 4 is 17.9 Å². The molecule has 6 nitrogen and oxygen atoms in total. The van der Waals surface area contributed by atoms with Crippen molar-refractivity contribution in [3.63, 3.8) is 0 Å². The second kappa shape index (κ2) is 64.4. The molecule has 75 heavy (non-hydrogen) atoms. The first kappa shape index (κ1) is 72.9. The van der Waals surface area contributed by atoms with Crippen LogP contribution < -0.4 is 0 Å².